The van der Waals surface area contributed by atoms with E-state index in [1.165, 1.54) is 22.9 Å². The molecular weight excluding hydrogens is 566 g/mol. The number of carboxylic acids is 1. The van der Waals surface area contributed by atoms with E-state index >= 15 is 4.39 Å². The number of fused-ring (bicyclic) bond motifs is 1. The molecule has 8 nitrogen and oxygen atoms in total. The highest BCUT2D eigenvalue weighted by Gasteiger charge is 2.27. The Morgan fingerprint density at radius 3 is 2.19 bits per heavy atom. The molecular formula is C31H29ClF2N4O4. The highest BCUT2D eigenvalue weighted by atomic mass is 35.5. The van der Waals surface area contributed by atoms with Gasteiger partial charge in [-0.25, -0.2) is 13.6 Å². The summed E-state index contributed by atoms with van der Waals surface area (Å²) in [5.41, 5.74) is 1.49. The minimum absolute atomic E-state index is 0.0180. The van der Waals surface area contributed by atoms with Gasteiger partial charge >= 0.3 is 5.97 Å². The molecule has 4 aromatic rings. The molecule has 0 saturated carbocycles. The first-order valence-corrected chi connectivity index (χ1v) is 14.1. The summed E-state index contributed by atoms with van der Waals surface area (Å²) >= 11 is 6.89. The molecule has 0 spiro atoms. The van der Waals surface area contributed by atoms with Crippen LogP contribution in [0.1, 0.15) is 22.3 Å². The maximum Gasteiger partial charge on any atom is 0.341 e. The molecule has 11 heteroatoms. The number of pyridine rings is 1. The SMILES string of the molecule is O=C(O)c1cn(-c2ccc(CN3CC[C@H](O)C3)cc2)c2c(Cl)c(N3CCN(c4ccc(F)cc4)CC3)c(F)cc2c1=O. The van der Waals surface area contributed by atoms with Crippen molar-refractivity contribution in [1.29, 1.82) is 0 Å². The smallest absolute Gasteiger partial charge is 0.341 e. The first-order valence-electron chi connectivity index (χ1n) is 13.8. The van der Waals surface area contributed by atoms with Crippen LogP contribution in [0.5, 0.6) is 0 Å². The number of carbonyl (C=O) groups is 1. The number of anilines is 2. The molecule has 2 N–H and O–H groups in total. The van der Waals surface area contributed by atoms with Gasteiger partial charge in [-0.1, -0.05) is 23.7 Å². The van der Waals surface area contributed by atoms with Crippen molar-refractivity contribution in [3.8, 4) is 5.69 Å². The monoisotopic (exact) mass is 594 g/mol. The summed E-state index contributed by atoms with van der Waals surface area (Å²) < 4.78 is 30.6. The van der Waals surface area contributed by atoms with Gasteiger partial charge in [-0.3, -0.25) is 9.69 Å². The zero-order valence-electron chi connectivity index (χ0n) is 22.6. The van der Waals surface area contributed by atoms with Crippen LogP contribution in [0, 0.1) is 11.6 Å². The zero-order chi connectivity index (χ0) is 29.5. The lowest BCUT2D eigenvalue weighted by Gasteiger charge is -2.38. The van der Waals surface area contributed by atoms with Crippen molar-refractivity contribution in [3.63, 3.8) is 0 Å². The molecule has 3 heterocycles. The second kappa shape index (κ2) is 11.4. The van der Waals surface area contributed by atoms with Crippen LogP contribution < -0.4 is 15.2 Å². The second-order valence-electron chi connectivity index (χ2n) is 10.8. The van der Waals surface area contributed by atoms with E-state index < -0.39 is 22.8 Å². The van der Waals surface area contributed by atoms with Crippen LogP contribution in [0.3, 0.4) is 0 Å². The molecule has 2 aliphatic rings. The minimum Gasteiger partial charge on any atom is -0.477 e. The molecule has 218 valence electrons. The number of rotatable bonds is 6. The molecule has 2 saturated heterocycles. The third-order valence-corrected chi connectivity index (χ3v) is 8.40. The second-order valence-corrected chi connectivity index (χ2v) is 11.1. The molecule has 0 unspecified atom stereocenters. The summed E-state index contributed by atoms with van der Waals surface area (Å²) in [7, 11) is 0. The predicted octanol–water partition coefficient (Wildman–Crippen LogP) is 4.51. The van der Waals surface area contributed by atoms with Gasteiger partial charge in [0.15, 0.2) is 0 Å². The summed E-state index contributed by atoms with van der Waals surface area (Å²) in [5, 5.41) is 19.5. The average Bonchev–Trinajstić information content (AvgIpc) is 3.39. The highest BCUT2D eigenvalue weighted by molar-refractivity contribution is 6.38. The number of aromatic carboxylic acids is 1. The molecule has 6 rings (SSSR count). The number of nitrogens with zero attached hydrogens (tertiary/aromatic N) is 4. The quantitative estimate of drug-likeness (QED) is 0.339. The number of aliphatic hydroxyl groups excluding tert-OH is 1. The number of halogens is 3. The van der Waals surface area contributed by atoms with Gasteiger partial charge in [-0.2, -0.15) is 0 Å². The summed E-state index contributed by atoms with van der Waals surface area (Å²) in [6.45, 7) is 4.00. The fraction of sp³-hybridized carbons (Fsp3) is 0.290. The van der Waals surface area contributed by atoms with Crippen LogP contribution in [-0.2, 0) is 6.54 Å². The number of β-amino-alcohol motifs (C(OH)–C–C–N with tert-alkyl or cyclic N) is 1. The Balaban J connectivity index is 1.37. The lowest BCUT2D eigenvalue weighted by molar-refractivity contribution is 0.0695. The Morgan fingerprint density at radius 1 is 0.929 bits per heavy atom. The van der Waals surface area contributed by atoms with E-state index in [0.717, 1.165) is 30.3 Å². The number of benzene rings is 3. The van der Waals surface area contributed by atoms with E-state index in [1.807, 2.05) is 17.0 Å². The van der Waals surface area contributed by atoms with E-state index in [-0.39, 0.29) is 33.5 Å². The van der Waals surface area contributed by atoms with Crippen molar-refractivity contribution >= 4 is 39.8 Å². The Labute approximate surface area is 245 Å². The molecule has 0 aliphatic carbocycles. The number of likely N-dealkylation sites (tertiary alicyclic amines) is 1. The maximum absolute atomic E-state index is 15.7. The molecule has 42 heavy (non-hydrogen) atoms. The standard InChI is InChI=1S/C31H29ClF2N4O4/c32-27-28-24(15-26(34)29(27)37-13-11-36(12-14-37)21-7-3-20(33)4-8-21)30(40)25(31(41)42)18-38(28)22-5-1-19(2-6-22)16-35-10-9-23(39)17-35/h1-8,15,18,23,39H,9-14,16-17H2,(H,41,42)/t23-/m0/s1. The van der Waals surface area contributed by atoms with Gasteiger partial charge in [0.25, 0.3) is 0 Å². The maximum atomic E-state index is 15.7. The first kappa shape index (κ1) is 28.1. The first-order chi connectivity index (χ1) is 20.2. The van der Waals surface area contributed by atoms with Gasteiger partial charge in [-0.05, 0) is 54.4 Å². The van der Waals surface area contributed by atoms with E-state index in [9.17, 15) is 24.2 Å². The average molecular weight is 595 g/mol. The van der Waals surface area contributed by atoms with Crippen molar-refractivity contribution in [3.05, 3.63) is 98.8 Å². The lowest BCUT2D eigenvalue weighted by Crippen LogP contribution is -2.47. The van der Waals surface area contributed by atoms with E-state index in [1.54, 1.807) is 24.3 Å². The highest BCUT2D eigenvalue weighted by Crippen LogP contribution is 2.37. The van der Waals surface area contributed by atoms with Crippen molar-refractivity contribution in [2.45, 2.75) is 19.1 Å². The van der Waals surface area contributed by atoms with E-state index in [4.69, 9.17) is 11.6 Å². The van der Waals surface area contributed by atoms with E-state index in [0.29, 0.717) is 45.0 Å². The summed E-state index contributed by atoms with van der Waals surface area (Å²) in [4.78, 5) is 31.2. The fourth-order valence-corrected chi connectivity index (χ4v) is 6.27. The predicted molar refractivity (Wildman–Crippen MR) is 158 cm³/mol. The number of aromatic nitrogens is 1. The molecule has 0 radical (unpaired) electrons. The van der Waals surface area contributed by atoms with Gasteiger partial charge in [0, 0.05) is 63.4 Å². The third-order valence-electron chi connectivity index (χ3n) is 8.04. The number of hydrogen-bond donors (Lipinski definition) is 2. The lowest BCUT2D eigenvalue weighted by atomic mass is 10.1. The molecule has 1 atom stereocenters. The van der Waals surface area contributed by atoms with Crippen LogP contribution in [0.2, 0.25) is 5.02 Å². The summed E-state index contributed by atoms with van der Waals surface area (Å²) in [5.74, 6) is -2.45. The minimum atomic E-state index is -1.42. The van der Waals surface area contributed by atoms with Crippen LogP contribution in [-0.4, -0.2) is 71.0 Å². The van der Waals surface area contributed by atoms with Gasteiger partial charge < -0.3 is 24.6 Å². The number of carboxylic acid groups (broad SMARTS) is 1. The van der Waals surface area contributed by atoms with Crippen LogP contribution in [0.15, 0.2) is 65.6 Å². The molecule has 3 aromatic carbocycles. The van der Waals surface area contributed by atoms with Crippen molar-refractivity contribution < 1.29 is 23.8 Å². The van der Waals surface area contributed by atoms with Crippen LogP contribution in [0.25, 0.3) is 16.6 Å². The Kier molecular flexibility index (Phi) is 7.61. The summed E-state index contributed by atoms with van der Waals surface area (Å²) in [6, 6.07) is 14.7. The molecule has 0 amide bonds. The normalized spacial score (nSPS) is 17.8. The van der Waals surface area contributed by atoms with Crippen molar-refractivity contribution in [2.75, 3.05) is 49.1 Å². The molecule has 2 fully saturated rings. The zero-order valence-corrected chi connectivity index (χ0v) is 23.4. The number of piperazine rings is 1. The third kappa shape index (κ3) is 5.33. The number of aliphatic hydroxyl groups is 1. The Bertz CT molecular complexity index is 1700. The van der Waals surface area contributed by atoms with Crippen molar-refractivity contribution in [1.82, 2.24) is 9.47 Å². The fourth-order valence-electron chi connectivity index (χ4n) is 5.87. The van der Waals surface area contributed by atoms with Crippen LogP contribution >= 0.6 is 11.6 Å². The molecule has 2 aliphatic heterocycles. The number of hydrogen-bond acceptors (Lipinski definition) is 6. The molecule has 0 bridgehead atoms. The van der Waals surface area contributed by atoms with Crippen molar-refractivity contribution in [2.24, 2.45) is 0 Å². The Morgan fingerprint density at radius 2 is 1.57 bits per heavy atom. The molecule has 1 aromatic heterocycles. The topological polar surface area (TPSA) is 89.2 Å². The van der Waals surface area contributed by atoms with Gasteiger partial charge in [0.05, 0.1) is 27.7 Å². The summed E-state index contributed by atoms with van der Waals surface area (Å²) in [6.07, 6.45) is 1.64. The van der Waals surface area contributed by atoms with E-state index in [2.05, 4.69) is 9.80 Å². The van der Waals surface area contributed by atoms with Gasteiger partial charge in [-0.15, -0.1) is 0 Å². The van der Waals surface area contributed by atoms with Crippen LogP contribution in [0.4, 0.5) is 20.2 Å². The largest absolute Gasteiger partial charge is 0.477 e. The van der Waals surface area contributed by atoms with Gasteiger partial charge in [0.1, 0.15) is 17.2 Å². The Hall–Kier alpha value is -3.99. The van der Waals surface area contributed by atoms with Gasteiger partial charge in [0.2, 0.25) is 5.43 Å².